The smallest absolute Gasteiger partial charge is 0.0823 e. The number of aliphatic carboxylic acids is 1. The summed E-state index contributed by atoms with van der Waals surface area (Å²) in [4.78, 5) is 9.81. The van der Waals surface area contributed by atoms with Crippen LogP contribution in [0, 0.1) is 0 Å². The Balaban J connectivity index is 0. The van der Waals surface area contributed by atoms with Gasteiger partial charge in [-0.1, -0.05) is 0 Å². The third-order valence-electron chi connectivity index (χ3n) is 2.68. The Morgan fingerprint density at radius 2 is 1.33 bits per heavy atom. The minimum Gasteiger partial charge on any atom is -0.550 e. The first-order valence-corrected chi connectivity index (χ1v) is 10.0. The van der Waals surface area contributed by atoms with Gasteiger partial charge in [-0.25, -0.2) is 0 Å². The molecule has 0 aromatic heterocycles. The molecule has 0 unspecified atom stereocenters. The molecule has 0 radical (unpaired) electrons. The molecule has 0 aromatic rings. The molecule has 0 saturated heterocycles. The molecule has 0 fully saturated rings. The molecule has 0 bridgehead atoms. The number of ether oxygens (including phenoxy) is 4. The normalized spacial score (nSPS) is 10.9. The molecule has 128 valence electrons. The van der Waals surface area contributed by atoms with E-state index in [9.17, 15) is 9.90 Å². The first kappa shape index (κ1) is 23.0. The highest BCUT2D eigenvalue weighted by molar-refractivity contribution is 7.74. The first-order valence-electron chi connectivity index (χ1n) is 6.96. The highest BCUT2D eigenvalue weighted by Crippen LogP contribution is 2.50. The Morgan fingerprint density at radius 1 is 0.857 bits per heavy atom. The Labute approximate surface area is 129 Å². The van der Waals surface area contributed by atoms with E-state index < -0.39 is 13.2 Å². The SMILES string of the molecule is COCCOCCC(=O)[O-].COCC[P+](C)(C)CCOC. The van der Waals surface area contributed by atoms with Crippen LogP contribution in [-0.2, 0) is 23.7 Å². The lowest BCUT2D eigenvalue weighted by Crippen LogP contribution is -2.23. The van der Waals surface area contributed by atoms with Crippen LogP contribution in [0.2, 0.25) is 0 Å². The third-order valence-corrected chi connectivity index (χ3v) is 5.47. The Hall–Kier alpha value is -0.260. The van der Waals surface area contributed by atoms with Gasteiger partial charge in [-0.05, 0) is 0 Å². The van der Waals surface area contributed by atoms with Crippen LogP contribution in [0.15, 0.2) is 0 Å². The van der Waals surface area contributed by atoms with E-state index >= 15 is 0 Å². The number of hydrogen-bond acceptors (Lipinski definition) is 6. The lowest BCUT2D eigenvalue weighted by molar-refractivity contribution is -0.306. The predicted octanol–water partition coefficient (Wildman–Crippen LogP) is 0.346. The van der Waals surface area contributed by atoms with E-state index in [1.54, 1.807) is 21.3 Å². The summed E-state index contributed by atoms with van der Waals surface area (Å²) in [5.74, 6) is -1.09. The zero-order valence-electron chi connectivity index (χ0n) is 14.1. The standard InChI is InChI=1S/C8H20O2P.C6H12O4/c1-9-5-7-11(3,4)8-6-10-2;1-9-4-5-10-3-2-6(7)8/h5-8H2,1-4H3;2-5H2,1H3,(H,7,8)/q+1;/p-1. The summed E-state index contributed by atoms with van der Waals surface area (Å²) in [6, 6.07) is 0. The highest BCUT2D eigenvalue weighted by atomic mass is 31.2. The zero-order valence-corrected chi connectivity index (χ0v) is 14.9. The van der Waals surface area contributed by atoms with Crippen LogP contribution in [0.3, 0.4) is 0 Å². The molecule has 0 rings (SSSR count). The topological polar surface area (TPSA) is 77.1 Å². The molecular weight excluding hydrogens is 295 g/mol. The van der Waals surface area contributed by atoms with Gasteiger partial charge in [0.25, 0.3) is 0 Å². The summed E-state index contributed by atoms with van der Waals surface area (Å²) in [5.41, 5.74) is 0. The number of carboxylic acids is 1. The van der Waals surface area contributed by atoms with Crippen molar-refractivity contribution in [3.63, 3.8) is 0 Å². The van der Waals surface area contributed by atoms with Crippen molar-refractivity contribution in [3.8, 4) is 0 Å². The van der Waals surface area contributed by atoms with Crippen molar-refractivity contribution in [2.75, 3.05) is 80.0 Å². The molecule has 0 aliphatic rings. The van der Waals surface area contributed by atoms with E-state index in [-0.39, 0.29) is 13.0 Å². The minimum absolute atomic E-state index is 0.0519. The van der Waals surface area contributed by atoms with Gasteiger partial charge in [-0.15, -0.1) is 0 Å². The van der Waals surface area contributed by atoms with Crippen LogP contribution in [0.4, 0.5) is 0 Å². The van der Waals surface area contributed by atoms with Gasteiger partial charge in [-0.2, -0.15) is 0 Å². The first-order chi connectivity index (χ1) is 9.89. The molecule has 6 nitrogen and oxygen atoms in total. The molecule has 0 spiro atoms. The van der Waals surface area contributed by atoms with Crippen LogP contribution in [0.5, 0.6) is 0 Å². The van der Waals surface area contributed by atoms with Gasteiger partial charge in [0.15, 0.2) is 0 Å². The Morgan fingerprint density at radius 3 is 1.71 bits per heavy atom. The van der Waals surface area contributed by atoms with Crippen LogP contribution < -0.4 is 5.11 Å². The van der Waals surface area contributed by atoms with E-state index in [4.69, 9.17) is 14.2 Å². The second-order valence-electron chi connectivity index (χ2n) is 5.10. The molecule has 0 heterocycles. The average molecular weight is 326 g/mol. The monoisotopic (exact) mass is 326 g/mol. The average Bonchev–Trinajstić information content (AvgIpc) is 2.43. The number of rotatable bonds is 12. The molecule has 7 heteroatoms. The quantitative estimate of drug-likeness (QED) is 0.380. The van der Waals surface area contributed by atoms with E-state index in [0.29, 0.717) is 13.2 Å². The van der Waals surface area contributed by atoms with Crippen molar-refractivity contribution < 1.29 is 28.8 Å². The molecule has 0 amide bonds. The summed E-state index contributed by atoms with van der Waals surface area (Å²) in [5, 5.41) is 9.81. The van der Waals surface area contributed by atoms with Gasteiger partial charge < -0.3 is 28.8 Å². The number of carbonyl (C=O) groups is 1. The van der Waals surface area contributed by atoms with Crippen LogP contribution >= 0.6 is 7.26 Å². The molecular formula is C14H31O6P. The molecule has 0 aromatic carbocycles. The summed E-state index contributed by atoms with van der Waals surface area (Å²) < 4.78 is 19.6. The van der Waals surface area contributed by atoms with Gasteiger partial charge in [0.05, 0.1) is 45.4 Å². The van der Waals surface area contributed by atoms with Crippen LogP contribution in [-0.4, -0.2) is 86.0 Å². The van der Waals surface area contributed by atoms with Crippen molar-refractivity contribution in [1.82, 2.24) is 0 Å². The molecule has 0 aliphatic carbocycles. The van der Waals surface area contributed by atoms with Gasteiger partial charge in [0.2, 0.25) is 0 Å². The lowest BCUT2D eigenvalue weighted by atomic mass is 10.5. The van der Waals surface area contributed by atoms with Gasteiger partial charge >= 0.3 is 0 Å². The number of carboxylic acid groups (broad SMARTS) is 1. The van der Waals surface area contributed by atoms with Gasteiger partial charge in [0, 0.05) is 54.3 Å². The summed E-state index contributed by atoms with van der Waals surface area (Å²) in [6.07, 6.45) is 2.38. The second kappa shape index (κ2) is 16.1. The highest BCUT2D eigenvalue weighted by Gasteiger charge is 2.23. The van der Waals surface area contributed by atoms with Crippen molar-refractivity contribution >= 4 is 13.2 Å². The predicted molar refractivity (Wildman–Crippen MR) is 84.6 cm³/mol. The largest absolute Gasteiger partial charge is 0.550 e. The second-order valence-corrected chi connectivity index (χ2v) is 9.86. The maximum Gasteiger partial charge on any atom is 0.0823 e. The van der Waals surface area contributed by atoms with Gasteiger partial charge in [0.1, 0.15) is 0 Å². The lowest BCUT2D eigenvalue weighted by Gasteiger charge is -2.16. The van der Waals surface area contributed by atoms with E-state index in [1.807, 2.05) is 0 Å². The van der Waals surface area contributed by atoms with Crippen molar-refractivity contribution in [3.05, 3.63) is 0 Å². The Kier molecular flexibility index (Phi) is 17.7. The zero-order chi connectivity index (χ0) is 16.6. The third kappa shape index (κ3) is 22.2. The van der Waals surface area contributed by atoms with E-state index in [1.165, 1.54) is 12.3 Å². The Bertz CT molecular complexity index is 226. The summed E-state index contributed by atoms with van der Waals surface area (Å²) in [7, 11) is 4.35. The van der Waals surface area contributed by atoms with Crippen LogP contribution in [0.25, 0.3) is 0 Å². The summed E-state index contributed by atoms with van der Waals surface area (Å²) >= 11 is 0. The fourth-order valence-electron chi connectivity index (χ4n) is 1.19. The number of carbonyl (C=O) groups excluding carboxylic acids is 1. The fraction of sp³-hybridized carbons (Fsp3) is 0.929. The number of hydrogen-bond donors (Lipinski definition) is 0. The summed E-state index contributed by atoms with van der Waals surface area (Å²) in [6.45, 7) is 7.62. The molecule has 0 N–H and O–H groups in total. The van der Waals surface area contributed by atoms with E-state index in [0.717, 1.165) is 13.2 Å². The fourth-order valence-corrected chi connectivity index (χ4v) is 2.77. The molecule has 0 atom stereocenters. The minimum atomic E-state index is -1.09. The molecule has 0 saturated carbocycles. The maximum absolute atomic E-state index is 9.81. The maximum atomic E-state index is 9.81. The van der Waals surface area contributed by atoms with E-state index in [2.05, 4.69) is 18.1 Å². The number of methoxy groups -OCH3 is 3. The van der Waals surface area contributed by atoms with Crippen LogP contribution in [0.1, 0.15) is 6.42 Å². The van der Waals surface area contributed by atoms with Crippen molar-refractivity contribution in [2.24, 2.45) is 0 Å². The van der Waals surface area contributed by atoms with Gasteiger partial charge in [-0.3, -0.25) is 0 Å². The van der Waals surface area contributed by atoms with Crippen molar-refractivity contribution in [2.45, 2.75) is 6.42 Å². The molecule has 21 heavy (non-hydrogen) atoms. The molecule has 0 aliphatic heterocycles. The van der Waals surface area contributed by atoms with Crippen molar-refractivity contribution in [1.29, 1.82) is 0 Å².